The van der Waals surface area contributed by atoms with Crippen LogP contribution in [-0.4, -0.2) is 74.7 Å². The Morgan fingerprint density at radius 3 is 2.08 bits per heavy atom. The van der Waals surface area contributed by atoms with Crippen molar-refractivity contribution >= 4 is 76.4 Å². The van der Waals surface area contributed by atoms with Crippen molar-refractivity contribution in [2.75, 3.05) is 48.6 Å². The third-order valence-electron chi connectivity index (χ3n) is 10.6. The lowest BCUT2D eigenvalue weighted by Crippen LogP contribution is -2.40. The van der Waals surface area contributed by atoms with Gasteiger partial charge in [-0.1, -0.05) is 114 Å². The van der Waals surface area contributed by atoms with Crippen LogP contribution in [0.3, 0.4) is 0 Å². The number of unbranched alkanes of at least 4 members (excludes halogenated alkanes) is 13. The number of morpholine rings is 1. The van der Waals surface area contributed by atoms with Gasteiger partial charge in [0, 0.05) is 36.0 Å². The first-order valence-corrected chi connectivity index (χ1v) is 26.3. The van der Waals surface area contributed by atoms with Crippen LogP contribution in [0.15, 0.2) is 69.7 Å². The summed E-state index contributed by atoms with van der Waals surface area (Å²) >= 11 is 4.14. The molecule has 0 aliphatic carbocycles. The summed E-state index contributed by atoms with van der Waals surface area (Å²) in [5.74, 6) is -0.290. The van der Waals surface area contributed by atoms with E-state index in [1.807, 2.05) is 6.92 Å². The Morgan fingerprint density at radius 1 is 0.810 bits per heavy atom. The molecule has 0 spiro atoms. The number of aryl methyl sites for hydroxylation is 1. The Kier molecular flexibility index (Phi) is 19.1. The van der Waals surface area contributed by atoms with Gasteiger partial charge in [0.1, 0.15) is 22.1 Å². The molecule has 0 radical (unpaired) electrons. The molecule has 1 unspecified atom stereocenters. The van der Waals surface area contributed by atoms with Crippen molar-refractivity contribution in [1.82, 2.24) is 4.31 Å². The fraction of sp³-hybridized carbons (Fsp3) is 0.500. The molecule has 0 saturated carbocycles. The second kappa shape index (κ2) is 24.2. The van der Waals surface area contributed by atoms with Gasteiger partial charge >= 0.3 is 11.3 Å². The minimum atomic E-state index is -4.25. The Balaban J connectivity index is 1.22. The lowest BCUT2D eigenvalue weighted by Gasteiger charge is -2.26. The minimum absolute atomic E-state index is 0.0104. The maximum absolute atomic E-state index is 13.8. The van der Waals surface area contributed by atoms with Gasteiger partial charge in [-0.3, -0.25) is 9.44 Å². The number of fused-ring (bicyclic) bond motifs is 1. The Labute approximate surface area is 379 Å². The number of benzene rings is 4. The second-order valence-electron chi connectivity index (χ2n) is 15.7. The number of nitrogens with zero attached hydrogens (tertiary/aromatic N) is 3. The highest BCUT2D eigenvalue weighted by atomic mass is 35.5. The normalized spacial score (nSPS) is 14.3. The van der Waals surface area contributed by atoms with E-state index in [9.17, 15) is 31.3 Å². The first kappa shape index (κ1) is 49.8. The number of anilines is 2. The number of hydrogen-bond donors (Lipinski definition) is 4. The zero-order chi connectivity index (χ0) is 45.4. The summed E-state index contributed by atoms with van der Waals surface area (Å²) in [6, 6.07) is 12.8. The molecule has 5 rings (SSSR count). The molecule has 4 N–H and O–H groups in total. The average molecular weight is 951 g/mol. The van der Waals surface area contributed by atoms with Gasteiger partial charge in [0.15, 0.2) is 5.75 Å². The highest BCUT2D eigenvalue weighted by Gasteiger charge is 2.31. The van der Waals surface area contributed by atoms with Crippen LogP contribution in [0, 0.1) is 6.92 Å². The van der Waals surface area contributed by atoms with Gasteiger partial charge in [-0.05, 0) is 49.2 Å². The van der Waals surface area contributed by atoms with Crippen molar-refractivity contribution in [3.63, 3.8) is 0 Å². The molecule has 0 aromatic heterocycles. The number of aromatic hydroxyl groups is 2. The molecule has 1 saturated heterocycles. The van der Waals surface area contributed by atoms with Crippen LogP contribution in [0.4, 0.5) is 22.7 Å². The quantitative estimate of drug-likeness (QED) is 0.0266. The van der Waals surface area contributed by atoms with Crippen LogP contribution in [0.25, 0.3) is 10.8 Å². The number of halogens is 1. The summed E-state index contributed by atoms with van der Waals surface area (Å²) in [5.41, 5.74) is 0.904. The zero-order valence-electron chi connectivity index (χ0n) is 36.2. The molecule has 0 amide bonds. The lowest BCUT2D eigenvalue weighted by molar-refractivity contribution is 0.0730. The fourth-order valence-corrected chi connectivity index (χ4v) is 10.2. The number of sulfonamides is 2. The molecule has 1 aliphatic rings. The minimum Gasteiger partial charge on any atom is -0.506 e. The van der Waals surface area contributed by atoms with Crippen LogP contribution < -0.4 is 18.4 Å². The van der Waals surface area contributed by atoms with E-state index in [2.05, 4.69) is 26.6 Å². The van der Waals surface area contributed by atoms with E-state index in [1.165, 1.54) is 117 Å². The third kappa shape index (κ3) is 14.9. The second-order valence-corrected chi connectivity index (χ2v) is 20.6. The number of phenols is 2. The van der Waals surface area contributed by atoms with E-state index in [0.29, 0.717) is 17.9 Å². The molecule has 0 bridgehead atoms. The van der Waals surface area contributed by atoms with Gasteiger partial charge in [0.05, 0.1) is 53.8 Å². The maximum Gasteiger partial charge on any atom is 0.316 e. The first-order valence-electron chi connectivity index (χ1n) is 21.6. The summed E-state index contributed by atoms with van der Waals surface area (Å²) < 4.78 is 88.5. The average Bonchev–Trinajstić information content (AvgIpc) is 3.24. The molecule has 15 nitrogen and oxygen atoms in total. The summed E-state index contributed by atoms with van der Waals surface area (Å²) in [7, 11) is -8.07. The Morgan fingerprint density at radius 2 is 1.44 bits per heavy atom. The monoisotopic (exact) mass is 949 g/mol. The molecule has 4 aromatic rings. The largest absolute Gasteiger partial charge is 0.506 e. The third-order valence-corrected chi connectivity index (χ3v) is 14.1. The van der Waals surface area contributed by atoms with Crippen LogP contribution in [-0.2, 0) is 36.0 Å². The summed E-state index contributed by atoms with van der Waals surface area (Å²) in [6.07, 6.45) is 18.6. The topological polar surface area (TPSA) is 206 Å². The molecule has 346 valence electrons. The number of azo groups is 1. The van der Waals surface area contributed by atoms with Crippen molar-refractivity contribution in [3.8, 4) is 23.0 Å². The van der Waals surface area contributed by atoms with Gasteiger partial charge in [0.2, 0.25) is 20.0 Å². The molecule has 1 aliphatic heterocycles. The zero-order valence-corrected chi connectivity index (χ0v) is 39.4. The molecular formula is C44H60ClN5O10S3. The van der Waals surface area contributed by atoms with Gasteiger partial charge in [-0.2, -0.15) is 13.6 Å². The number of phenolic OH excluding ortho intramolecular Hbond substituents is 2. The lowest BCUT2D eigenvalue weighted by atomic mass is 10.0. The van der Waals surface area contributed by atoms with Crippen molar-refractivity contribution in [1.29, 1.82) is 0 Å². The number of hydrogen-bond acceptors (Lipinski definition) is 12. The van der Waals surface area contributed by atoms with Crippen LogP contribution in [0.2, 0.25) is 5.02 Å². The molecular weight excluding hydrogens is 890 g/mol. The van der Waals surface area contributed by atoms with E-state index < -0.39 is 42.0 Å². The van der Waals surface area contributed by atoms with E-state index >= 15 is 0 Å². The molecule has 1 fully saturated rings. The predicted octanol–water partition coefficient (Wildman–Crippen LogP) is 11.0. The Hall–Kier alpha value is -4.20. The smallest absolute Gasteiger partial charge is 0.316 e. The standard InChI is InChI=1S/C44H60ClN5O10S3/c1-4-5-6-7-8-9-10-11-12-13-14-15-16-17-25-59-40-30-37(39(51)28-32(40)2)48-61(53)60-41-29-33(21-22-35(41)45)46-47-38-31-42(63(56,57)50-23-26-58-27-24-50)44(52)34-19-18-20-36(43(34)38)49-62(3,54)55/h18-22,28-31,48-49,51-52H,4-17,23-27H2,1-3H3. The molecule has 4 aromatic carbocycles. The Bertz CT molecular complexity index is 2430. The van der Waals surface area contributed by atoms with Crippen molar-refractivity contribution in [2.24, 2.45) is 10.2 Å². The number of rotatable bonds is 26. The van der Waals surface area contributed by atoms with Crippen molar-refractivity contribution in [2.45, 2.75) is 109 Å². The van der Waals surface area contributed by atoms with E-state index in [-0.39, 0.29) is 76.3 Å². The van der Waals surface area contributed by atoms with Crippen molar-refractivity contribution in [3.05, 3.63) is 65.2 Å². The van der Waals surface area contributed by atoms with Gasteiger partial charge in [-0.15, -0.1) is 5.11 Å². The van der Waals surface area contributed by atoms with Crippen LogP contribution in [0.5, 0.6) is 23.0 Å². The summed E-state index contributed by atoms with van der Waals surface area (Å²) in [6.45, 7) is 5.03. The van der Waals surface area contributed by atoms with Crippen molar-refractivity contribution < 1.29 is 44.9 Å². The maximum atomic E-state index is 13.8. The number of nitrogens with one attached hydrogen (secondary N) is 2. The molecule has 19 heteroatoms. The molecule has 1 atom stereocenters. The fourth-order valence-electron chi connectivity index (χ4n) is 7.22. The summed E-state index contributed by atoms with van der Waals surface area (Å²) in [5, 5.41) is 30.7. The summed E-state index contributed by atoms with van der Waals surface area (Å²) in [4.78, 5) is -0.452. The van der Waals surface area contributed by atoms with Gasteiger partial charge in [-0.25, -0.2) is 16.8 Å². The highest BCUT2D eigenvalue weighted by Crippen LogP contribution is 2.44. The van der Waals surface area contributed by atoms with Crippen LogP contribution in [0.1, 0.15) is 102 Å². The van der Waals surface area contributed by atoms with Crippen LogP contribution >= 0.6 is 11.6 Å². The predicted molar refractivity (Wildman–Crippen MR) is 250 cm³/mol. The molecule has 1 heterocycles. The number of ether oxygens (including phenoxy) is 2. The first-order chi connectivity index (χ1) is 30.2. The van der Waals surface area contributed by atoms with Gasteiger partial charge in [0.25, 0.3) is 0 Å². The van der Waals surface area contributed by atoms with E-state index in [1.54, 1.807) is 6.07 Å². The van der Waals surface area contributed by atoms with E-state index in [4.69, 9.17) is 25.3 Å². The highest BCUT2D eigenvalue weighted by molar-refractivity contribution is 7.92. The molecule has 63 heavy (non-hydrogen) atoms. The SMILES string of the molecule is CCCCCCCCCCCCCCCCOc1cc(NS(=O)Oc2cc(N=Nc3cc(S(=O)(=O)N4CCOCC4)c(O)c4cccc(NS(C)(=O)=O)c34)ccc2Cl)c(O)cc1C. The van der Waals surface area contributed by atoms with E-state index in [0.717, 1.165) is 31.6 Å². The van der Waals surface area contributed by atoms with Gasteiger partial charge < -0.3 is 23.9 Å².